The molecule has 184 valence electrons. The lowest BCUT2D eigenvalue weighted by Gasteiger charge is -2.31. The third kappa shape index (κ3) is 6.93. The first-order valence-corrected chi connectivity index (χ1v) is 13.2. The van der Waals surface area contributed by atoms with Crippen molar-refractivity contribution in [2.24, 2.45) is 13.0 Å². The van der Waals surface area contributed by atoms with Gasteiger partial charge in [0, 0.05) is 31.5 Å². The van der Waals surface area contributed by atoms with Crippen LogP contribution >= 0.6 is 0 Å². The molecule has 1 aromatic carbocycles. The summed E-state index contributed by atoms with van der Waals surface area (Å²) in [6.07, 6.45) is 2.57. The van der Waals surface area contributed by atoms with Gasteiger partial charge in [0.15, 0.2) is 0 Å². The number of nitrogens with zero attached hydrogens (tertiary/aromatic N) is 3. The van der Waals surface area contributed by atoms with Gasteiger partial charge in [-0.1, -0.05) is 53.7 Å². The van der Waals surface area contributed by atoms with Crippen molar-refractivity contribution >= 4 is 15.9 Å². The van der Waals surface area contributed by atoms with Crippen LogP contribution in [0.2, 0.25) is 0 Å². The molecule has 33 heavy (non-hydrogen) atoms. The number of amides is 1. The van der Waals surface area contributed by atoms with E-state index in [2.05, 4.69) is 34.6 Å². The summed E-state index contributed by atoms with van der Waals surface area (Å²) >= 11 is 0. The molecule has 7 heteroatoms. The number of hydrogen-bond donors (Lipinski definition) is 0. The monoisotopic (exact) mass is 475 g/mol. The zero-order valence-corrected chi connectivity index (χ0v) is 22.3. The Hall–Kier alpha value is -2.12. The Morgan fingerprint density at radius 2 is 1.67 bits per heavy atom. The van der Waals surface area contributed by atoms with Gasteiger partial charge in [0.25, 0.3) is 0 Å². The Bertz CT molecular complexity index is 1020. The van der Waals surface area contributed by atoms with Crippen molar-refractivity contribution in [3.8, 4) is 0 Å². The lowest BCUT2D eigenvalue weighted by molar-refractivity contribution is -0.133. The van der Waals surface area contributed by atoms with Gasteiger partial charge < -0.3 is 9.47 Å². The van der Waals surface area contributed by atoms with E-state index < -0.39 is 10.0 Å². The average Bonchev–Trinajstić information content (AvgIpc) is 3.14. The van der Waals surface area contributed by atoms with Crippen LogP contribution in [0.15, 0.2) is 47.5 Å². The largest absolute Gasteiger partial charge is 0.353 e. The van der Waals surface area contributed by atoms with Gasteiger partial charge in [-0.2, -0.15) is 4.31 Å². The summed E-state index contributed by atoms with van der Waals surface area (Å²) in [4.78, 5) is 15.4. The number of hydrogen-bond acceptors (Lipinski definition) is 3. The maximum Gasteiger partial charge on any atom is 0.243 e. The van der Waals surface area contributed by atoms with Crippen LogP contribution in [0.1, 0.15) is 66.1 Å². The fraction of sp³-hybridized carbons (Fsp3) is 0.577. The molecule has 0 saturated carbocycles. The van der Waals surface area contributed by atoms with E-state index >= 15 is 0 Å². The lowest BCUT2D eigenvalue weighted by Crippen LogP contribution is -2.47. The van der Waals surface area contributed by atoms with Gasteiger partial charge in [-0.15, -0.1) is 0 Å². The van der Waals surface area contributed by atoms with Crippen molar-refractivity contribution in [3.63, 3.8) is 0 Å². The number of rotatable bonds is 10. The molecule has 2 rings (SSSR count). The Morgan fingerprint density at radius 1 is 1.06 bits per heavy atom. The summed E-state index contributed by atoms with van der Waals surface area (Å²) in [5.41, 5.74) is 2.01. The summed E-state index contributed by atoms with van der Waals surface area (Å²) < 4.78 is 30.5. The zero-order chi connectivity index (χ0) is 25.0. The van der Waals surface area contributed by atoms with Crippen molar-refractivity contribution < 1.29 is 13.2 Å². The molecular formula is C26H41N3O3S. The molecule has 1 atom stereocenters. The van der Waals surface area contributed by atoms with Crippen LogP contribution in [0.25, 0.3) is 0 Å². The fourth-order valence-electron chi connectivity index (χ4n) is 3.73. The van der Waals surface area contributed by atoms with Gasteiger partial charge in [0.2, 0.25) is 15.9 Å². The normalized spacial score (nSPS) is 13.5. The highest BCUT2D eigenvalue weighted by molar-refractivity contribution is 7.89. The van der Waals surface area contributed by atoms with Crippen molar-refractivity contribution in [1.29, 1.82) is 0 Å². The van der Waals surface area contributed by atoms with Crippen molar-refractivity contribution in [2.75, 3.05) is 13.1 Å². The highest BCUT2D eigenvalue weighted by Crippen LogP contribution is 2.26. The van der Waals surface area contributed by atoms with Crippen LogP contribution in [0.3, 0.4) is 0 Å². The van der Waals surface area contributed by atoms with E-state index in [-0.39, 0.29) is 34.7 Å². The second-order valence-corrected chi connectivity index (χ2v) is 12.3. The number of aryl methyl sites for hydroxylation is 1. The van der Waals surface area contributed by atoms with E-state index in [1.165, 1.54) is 4.31 Å². The molecule has 6 nitrogen and oxygen atoms in total. The van der Waals surface area contributed by atoms with Gasteiger partial charge in [0.05, 0.1) is 18.0 Å². The molecule has 0 aliphatic carbocycles. The maximum absolute atomic E-state index is 13.6. The van der Waals surface area contributed by atoms with Gasteiger partial charge in [0.1, 0.15) is 0 Å². The molecule has 1 unspecified atom stereocenters. The molecule has 1 heterocycles. The van der Waals surface area contributed by atoms with Crippen LogP contribution in [-0.4, -0.2) is 47.2 Å². The number of carbonyl (C=O) groups excluding carboxylic acids is 1. The number of aromatic nitrogens is 1. The topological polar surface area (TPSA) is 62.6 Å². The number of benzene rings is 1. The summed E-state index contributed by atoms with van der Waals surface area (Å²) in [5, 5.41) is 0. The SMILES string of the molecule is CCC(C)N(CC(=O)N(Cc1cccn1C)CC(C)C)S(=O)(=O)c1ccc(C(C)(C)C)cc1. The van der Waals surface area contributed by atoms with Crippen LogP contribution in [0.4, 0.5) is 0 Å². The molecule has 0 fully saturated rings. The Kier molecular flexibility index (Phi) is 8.94. The maximum atomic E-state index is 13.6. The molecule has 0 aliphatic rings. The van der Waals surface area contributed by atoms with E-state index in [4.69, 9.17) is 0 Å². The molecule has 0 saturated heterocycles. The molecule has 2 aromatic rings. The Balaban J connectivity index is 2.34. The summed E-state index contributed by atoms with van der Waals surface area (Å²) in [5.74, 6) is 0.0907. The standard InChI is InChI=1S/C26H41N3O3S/c1-9-21(4)29(33(31,32)24-14-12-22(13-15-24)26(5,6)7)19-25(30)28(17-20(2)3)18-23-11-10-16-27(23)8/h10-16,20-21H,9,17-19H2,1-8H3. The van der Waals surface area contributed by atoms with Crippen molar-refractivity contribution in [2.45, 2.75) is 77.8 Å². The minimum atomic E-state index is -3.82. The predicted octanol–water partition coefficient (Wildman–Crippen LogP) is 4.80. The van der Waals surface area contributed by atoms with E-state index in [9.17, 15) is 13.2 Å². The third-order valence-electron chi connectivity index (χ3n) is 6.04. The summed E-state index contributed by atoms with van der Waals surface area (Å²) in [7, 11) is -1.87. The second kappa shape index (κ2) is 10.9. The highest BCUT2D eigenvalue weighted by atomic mass is 32.2. The van der Waals surface area contributed by atoms with Crippen LogP contribution in [0.5, 0.6) is 0 Å². The van der Waals surface area contributed by atoms with Gasteiger partial charge in [-0.25, -0.2) is 8.42 Å². The molecule has 0 N–H and O–H groups in total. The fourth-order valence-corrected chi connectivity index (χ4v) is 5.38. The minimum absolute atomic E-state index is 0.0665. The van der Waals surface area contributed by atoms with E-state index in [0.717, 1.165) is 11.3 Å². The summed E-state index contributed by atoms with van der Waals surface area (Å²) in [6, 6.07) is 10.7. The quantitative estimate of drug-likeness (QED) is 0.496. The van der Waals surface area contributed by atoms with Crippen molar-refractivity contribution in [1.82, 2.24) is 13.8 Å². The smallest absolute Gasteiger partial charge is 0.243 e. The summed E-state index contributed by atoms with van der Waals surface area (Å²) in [6.45, 7) is 15.1. The first-order valence-electron chi connectivity index (χ1n) is 11.8. The average molecular weight is 476 g/mol. The predicted molar refractivity (Wildman–Crippen MR) is 134 cm³/mol. The molecule has 1 aromatic heterocycles. The van der Waals surface area contributed by atoms with Crippen LogP contribution < -0.4 is 0 Å². The van der Waals surface area contributed by atoms with Gasteiger partial charge in [-0.05, 0) is 54.5 Å². The van der Waals surface area contributed by atoms with Crippen LogP contribution in [-0.2, 0) is 33.8 Å². The lowest BCUT2D eigenvalue weighted by atomic mass is 9.87. The molecular weight excluding hydrogens is 434 g/mol. The first kappa shape index (κ1) is 27.1. The molecule has 1 amide bonds. The highest BCUT2D eigenvalue weighted by Gasteiger charge is 2.32. The molecule has 0 bridgehead atoms. The number of carbonyl (C=O) groups is 1. The minimum Gasteiger partial charge on any atom is -0.353 e. The van der Waals surface area contributed by atoms with Gasteiger partial charge in [-0.3, -0.25) is 4.79 Å². The number of sulfonamides is 1. The second-order valence-electron chi connectivity index (χ2n) is 10.4. The van der Waals surface area contributed by atoms with E-state index in [1.807, 2.05) is 55.9 Å². The van der Waals surface area contributed by atoms with Crippen LogP contribution in [0, 0.1) is 5.92 Å². The van der Waals surface area contributed by atoms with Crippen molar-refractivity contribution in [3.05, 3.63) is 53.9 Å². The molecule has 0 radical (unpaired) electrons. The molecule has 0 aliphatic heterocycles. The van der Waals surface area contributed by atoms with E-state index in [1.54, 1.807) is 17.0 Å². The first-order chi connectivity index (χ1) is 15.3. The third-order valence-corrected chi connectivity index (χ3v) is 8.02. The Labute approximate surface area is 200 Å². The Morgan fingerprint density at radius 3 is 2.12 bits per heavy atom. The van der Waals surface area contributed by atoms with E-state index in [0.29, 0.717) is 19.5 Å². The zero-order valence-electron chi connectivity index (χ0n) is 21.5. The van der Waals surface area contributed by atoms with Gasteiger partial charge >= 0.3 is 0 Å². The molecule has 0 spiro atoms.